The molecule has 0 aliphatic heterocycles. The van der Waals surface area contributed by atoms with E-state index < -0.39 is 6.17 Å². The first kappa shape index (κ1) is 8.98. The van der Waals surface area contributed by atoms with Crippen molar-refractivity contribution in [2.24, 2.45) is 0 Å². The van der Waals surface area contributed by atoms with Crippen LogP contribution in [-0.2, 0) is 0 Å². The highest BCUT2D eigenvalue weighted by Gasteiger charge is 2.05. The van der Waals surface area contributed by atoms with Crippen LogP contribution < -0.4 is 0 Å². The molecule has 64 valence electrons. The van der Waals surface area contributed by atoms with E-state index in [4.69, 9.17) is 0 Å². The standard InChI is InChI=1S/C11H13F/c1-2-3-9-11(12)10-7-5-4-6-8-10/h2-8,11H,9H2,1H3/b3-2+. The van der Waals surface area contributed by atoms with Gasteiger partial charge in [0.15, 0.2) is 0 Å². The Hall–Kier alpha value is -1.11. The molecule has 0 aliphatic carbocycles. The van der Waals surface area contributed by atoms with E-state index in [1.54, 1.807) is 0 Å². The quantitative estimate of drug-likeness (QED) is 0.598. The molecule has 0 spiro atoms. The number of alkyl halides is 1. The van der Waals surface area contributed by atoms with Crippen molar-refractivity contribution in [1.29, 1.82) is 0 Å². The van der Waals surface area contributed by atoms with Gasteiger partial charge in [0.1, 0.15) is 6.17 Å². The minimum Gasteiger partial charge on any atom is -0.242 e. The highest BCUT2D eigenvalue weighted by atomic mass is 19.1. The summed E-state index contributed by atoms with van der Waals surface area (Å²) < 4.78 is 13.3. The largest absolute Gasteiger partial charge is 0.242 e. The maximum absolute atomic E-state index is 13.3. The Labute approximate surface area is 72.7 Å². The molecule has 0 heterocycles. The summed E-state index contributed by atoms with van der Waals surface area (Å²) in [5.41, 5.74) is 0.760. The predicted octanol–water partition coefficient (Wildman–Crippen LogP) is 3.66. The Morgan fingerprint density at radius 1 is 1.33 bits per heavy atom. The van der Waals surface area contributed by atoms with E-state index >= 15 is 0 Å². The van der Waals surface area contributed by atoms with Gasteiger partial charge in [-0.15, -0.1) is 0 Å². The van der Waals surface area contributed by atoms with Crippen molar-refractivity contribution in [1.82, 2.24) is 0 Å². The van der Waals surface area contributed by atoms with Gasteiger partial charge in [-0.05, 0) is 12.5 Å². The number of allylic oxidation sites excluding steroid dienone is 2. The lowest BCUT2D eigenvalue weighted by atomic mass is 10.1. The molecule has 0 aliphatic rings. The Bertz CT molecular complexity index is 238. The topological polar surface area (TPSA) is 0 Å². The molecule has 0 aromatic heterocycles. The maximum Gasteiger partial charge on any atom is 0.129 e. The van der Waals surface area contributed by atoms with Gasteiger partial charge in [0.2, 0.25) is 0 Å². The Morgan fingerprint density at radius 2 is 2.00 bits per heavy atom. The van der Waals surface area contributed by atoms with Crippen LogP contribution in [0.1, 0.15) is 25.1 Å². The molecular weight excluding hydrogens is 151 g/mol. The fraction of sp³-hybridized carbons (Fsp3) is 0.273. The van der Waals surface area contributed by atoms with Crippen LogP contribution in [0.4, 0.5) is 4.39 Å². The number of hydrogen-bond donors (Lipinski definition) is 0. The Kier molecular flexibility index (Phi) is 3.52. The SMILES string of the molecule is C/C=C/CC(F)c1ccccc1. The van der Waals surface area contributed by atoms with E-state index in [1.165, 1.54) is 0 Å². The van der Waals surface area contributed by atoms with Crippen molar-refractivity contribution < 1.29 is 4.39 Å². The molecule has 1 atom stereocenters. The molecule has 0 radical (unpaired) electrons. The molecule has 1 aromatic rings. The van der Waals surface area contributed by atoms with Crippen LogP contribution >= 0.6 is 0 Å². The molecule has 1 heteroatoms. The zero-order chi connectivity index (χ0) is 8.81. The van der Waals surface area contributed by atoms with E-state index in [0.29, 0.717) is 6.42 Å². The smallest absolute Gasteiger partial charge is 0.129 e. The molecule has 0 saturated carbocycles. The van der Waals surface area contributed by atoms with Crippen molar-refractivity contribution in [2.75, 3.05) is 0 Å². The van der Waals surface area contributed by atoms with E-state index in [1.807, 2.05) is 49.4 Å². The second-order valence-electron chi connectivity index (χ2n) is 2.68. The third kappa shape index (κ3) is 2.50. The third-order valence-corrected chi connectivity index (χ3v) is 1.74. The van der Waals surface area contributed by atoms with Gasteiger partial charge < -0.3 is 0 Å². The zero-order valence-electron chi connectivity index (χ0n) is 7.20. The van der Waals surface area contributed by atoms with E-state index in [2.05, 4.69) is 0 Å². The van der Waals surface area contributed by atoms with Crippen LogP contribution in [0.15, 0.2) is 42.5 Å². The molecule has 1 rings (SSSR count). The van der Waals surface area contributed by atoms with Crippen LogP contribution in [0.5, 0.6) is 0 Å². The second-order valence-corrected chi connectivity index (χ2v) is 2.68. The fourth-order valence-electron chi connectivity index (χ4n) is 1.05. The number of hydrogen-bond acceptors (Lipinski definition) is 0. The second kappa shape index (κ2) is 4.70. The zero-order valence-corrected chi connectivity index (χ0v) is 7.20. The predicted molar refractivity (Wildman–Crippen MR) is 49.7 cm³/mol. The summed E-state index contributed by atoms with van der Waals surface area (Å²) in [7, 11) is 0. The monoisotopic (exact) mass is 164 g/mol. The normalized spacial score (nSPS) is 13.5. The van der Waals surface area contributed by atoms with Crippen LogP contribution in [0.3, 0.4) is 0 Å². The molecule has 0 N–H and O–H groups in total. The molecule has 12 heavy (non-hydrogen) atoms. The van der Waals surface area contributed by atoms with Crippen LogP contribution in [0.25, 0.3) is 0 Å². The van der Waals surface area contributed by atoms with Crippen LogP contribution in [-0.4, -0.2) is 0 Å². The van der Waals surface area contributed by atoms with Crippen LogP contribution in [0, 0.1) is 0 Å². The minimum absolute atomic E-state index is 0.473. The summed E-state index contributed by atoms with van der Waals surface area (Å²) >= 11 is 0. The van der Waals surface area contributed by atoms with Gasteiger partial charge in [0.25, 0.3) is 0 Å². The lowest BCUT2D eigenvalue weighted by Gasteiger charge is -2.03. The molecule has 0 saturated heterocycles. The van der Waals surface area contributed by atoms with Gasteiger partial charge in [-0.1, -0.05) is 42.5 Å². The van der Waals surface area contributed by atoms with Gasteiger partial charge in [-0.25, -0.2) is 4.39 Å². The number of benzene rings is 1. The average molecular weight is 164 g/mol. The lowest BCUT2D eigenvalue weighted by molar-refractivity contribution is 0.347. The summed E-state index contributed by atoms with van der Waals surface area (Å²) in [4.78, 5) is 0. The number of rotatable bonds is 3. The van der Waals surface area contributed by atoms with Crippen LogP contribution in [0.2, 0.25) is 0 Å². The maximum atomic E-state index is 13.3. The number of halogens is 1. The van der Waals surface area contributed by atoms with E-state index in [-0.39, 0.29) is 0 Å². The summed E-state index contributed by atoms with van der Waals surface area (Å²) in [6, 6.07) is 9.24. The molecule has 0 fully saturated rings. The van der Waals surface area contributed by atoms with Gasteiger partial charge in [-0.2, -0.15) is 0 Å². The Balaban J connectivity index is 2.59. The summed E-state index contributed by atoms with van der Waals surface area (Å²) in [5, 5.41) is 0. The van der Waals surface area contributed by atoms with Crippen molar-refractivity contribution >= 4 is 0 Å². The van der Waals surface area contributed by atoms with Crippen molar-refractivity contribution in [3.8, 4) is 0 Å². The molecule has 1 unspecified atom stereocenters. The van der Waals surface area contributed by atoms with Crippen molar-refractivity contribution in [3.05, 3.63) is 48.0 Å². The molecule has 0 amide bonds. The van der Waals surface area contributed by atoms with Gasteiger partial charge >= 0.3 is 0 Å². The molecule has 1 aromatic carbocycles. The van der Waals surface area contributed by atoms with E-state index in [9.17, 15) is 4.39 Å². The van der Waals surface area contributed by atoms with Gasteiger partial charge in [-0.3, -0.25) is 0 Å². The first-order valence-electron chi connectivity index (χ1n) is 4.14. The lowest BCUT2D eigenvalue weighted by Crippen LogP contribution is -1.88. The third-order valence-electron chi connectivity index (χ3n) is 1.74. The average Bonchev–Trinajstić information content (AvgIpc) is 2.15. The highest BCUT2D eigenvalue weighted by molar-refractivity contribution is 5.17. The Morgan fingerprint density at radius 3 is 2.58 bits per heavy atom. The molecule has 0 nitrogen and oxygen atoms in total. The molecular formula is C11H13F. The highest BCUT2D eigenvalue weighted by Crippen LogP contribution is 2.20. The summed E-state index contributed by atoms with van der Waals surface area (Å²) in [6.45, 7) is 1.90. The van der Waals surface area contributed by atoms with Gasteiger partial charge in [0.05, 0.1) is 0 Å². The van der Waals surface area contributed by atoms with Crippen molar-refractivity contribution in [2.45, 2.75) is 19.5 Å². The first-order chi connectivity index (χ1) is 5.84. The van der Waals surface area contributed by atoms with Gasteiger partial charge in [0, 0.05) is 6.42 Å². The first-order valence-corrected chi connectivity index (χ1v) is 4.14. The summed E-state index contributed by atoms with van der Waals surface area (Å²) in [6.07, 6.45) is 3.33. The fourth-order valence-corrected chi connectivity index (χ4v) is 1.05. The summed E-state index contributed by atoms with van der Waals surface area (Å²) in [5.74, 6) is 0. The van der Waals surface area contributed by atoms with Crippen molar-refractivity contribution in [3.63, 3.8) is 0 Å². The molecule has 0 bridgehead atoms. The minimum atomic E-state index is -0.859. The van der Waals surface area contributed by atoms with E-state index in [0.717, 1.165) is 5.56 Å².